The molecular weight excluding hydrogens is 364 g/mol. The Morgan fingerprint density at radius 1 is 1.00 bits per heavy atom. The zero-order chi connectivity index (χ0) is 21.7. The van der Waals surface area contributed by atoms with E-state index in [0.717, 1.165) is 29.2 Å². The Morgan fingerprint density at radius 3 is 2.47 bits per heavy atom. The first kappa shape index (κ1) is 22.1. The first-order chi connectivity index (χ1) is 14.2. The lowest BCUT2D eigenvalue weighted by molar-refractivity contribution is -0.114. The molecule has 0 radical (unpaired) electrons. The first-order valence-corrected chi connectivity index (χ1v) is 12.8. The predicted molar refractivity (Wildman–Crippen MR) is 127 cm³/mol. The Hall–Kier alpha value is -1.11. The van der Waals surface area contributed by atoms with Crippen molar-refractivity contribution in [3.05, 3.63) is 34.9 Å². The second-order valence-corrected chi connectivity index (χ2v) is 11.9. The molecule has 3 saturated carbocycles. The standard InChI is InChI=1S/C29H44O/c1-19(2)23(21(4)30)12-10-20(3)25-14-15-26-24-13-11-22-9-7-8-17-28(22,5)27(24)16-18-29(25,26)6/h10,12,14,19,22,24,26-27H,7-9,11,13,15-18H2,1-6H3/t22?,24-,26-,27-,28-,29+/m0/s1. The molecular formula is C29H44O. The summed E-state index contributed by atoms with van der Waals surface area (Å²) in [7, 11) is 0. The van der Waals surface area contributed by atoms with Gasteiger partial charge in [-0.15, -0.1) is 0 Å². The molecule has 4 aliphatic rings. The molecule has 0 aliphatic heterocycles. The lowest BCUT2D eigenvalue weighted by atomic mass is 9.45. The van der Waals surface area contributed by atoms with Crippen LogP contribution < -0.4 is 0 Å². The van der Waals surface area contributed by atoms with Crippen molar-refractivity contribution < 1.29 is 4.79 Å². The number of fused-ring (bicyclic) bond motifs is 5. The topological polar surface area (TPSA) is 17.1 Å². The minimum absolute atomic E-state index is 0.205. The molecule has 0 aromatic carbocycles. The molecule has 0 saturated heterocycles. The van der Waals surface area contributed by atoms with Gasteiger partial charge in [0.1, 0.15) is 0 Å². The van der Waals surface area contributed by atoms with Crippen LogP contribution in [0.4, 0.5) is 0 Å². The van der Waals surface area contributed by atoms with Gasteiger partial charge in [0.2, 0.25) is 0 Å². The highest BCUT2D eigenvalue weighted by Gasteiger charge is 2.57. The van der Waals surface area contributed by atoms with Crippen LogP contribution in [0.25, 0.3) is 0 Å². The van der Waals surface area contributed by atoms with Crippen molar-refractivity contribution in [3.8, 4) is 0 Å². The third-order valence-corrected chi connectivity index (χ3v) is 10.1. The number of ketones is 1. The van der Waals surface area contributed by atoms with Gasteiger partial charge in [0, 0.05) is 0 Å². The monoisotopic (exact) mass is 408 g/mol. The molecule has 1 nitrogen and oxygen atoms in total. The van der Waals surface area contributed by atoms with Gasteiger partial charge in [-0.05, 0) is 116 Å². The fourth-order valence-electron chi connectivity index (χ4n) is 8.49. The molecule has 0 spiro atoms. The Morgan fingerprint density at radius 2 is 1.77 bits per heavy atom. The van der Waals surface area contributed by atoms with E-state index in [1.807, 2.05) is 0 Å². The number of Topliss-reactive ketones (excluding diaryl/α,β-unsaturated/α-hetero) is 1. The highest BCUT2D eigenvalue weighted by Crippen LogP contribution is 2.66. The van der Waals surface area contributed by atoms with Crippen molar-refractivity contribution in [1.29, 1.82) is 0 Å². The van der Waals surface area contributed by atoms with E-state index >= 15 is 0 Å². The molecule has 1 unspecified atom stereocenters. The van der Waals surface area contributed by atoms with E-state index < -0.39 is 0 Å². The van der Waals surface area contributed by atoms with Crippen molar-refractivity contribution >= 4 is 5.78 Å². The van der Waals surface area contributed by atoms with Crippen LogP contribution in [0.1, 0.15) is 99.3 Å². The van der Waals surface area contributed by atoms with Gasteiger partial charge in [-0.1, -0.05) is 58.8 Å². The van der Waals surface area contributed by atoms with Crippen molar-refractivity contribution in [1.82, 2.24) is 0 Å². The predicted octanol–water partition coefficient (Wildman–Crippen LogP) is 8.07. The van der Waals surface area contributed by atoms with Crippen LogP contribution in [0.5, 0.6) is 0 Å². The molecule has 30 heavy (non-hydrogen) atoms. The molecule has 0 heterocycles. The molecule has 4 aliphatic carbocycles. The Kier molecular flexibility index (Phi) is 5.97. The zero-order valence-corrected chi connectivity index (χ0v) is 20.4. The maximum Gasteiger partial charge on any atom is 0.156 e. The normalized spacial score (nSPS) is 41.8. The summed E-state index contributed by atoms with van der Waals surface area (Å²) in [6.07, 6.45) is 19.8. The number of carbonyl (C=O) groups is 1. The summed E-state index contributed by atoms with van der Waals surface area (Å²) in [6.45, 7) is 13.4. The lowest BCUT2D eigenvalue weighted by Gasteiger charge is -2.60. The Labute approximate surface area is 185 Å². The van der Waals surface area contributed by atoms with E-state index in [0.29, 0.717) is 10.8 Å². The maximum atomic E-state index is 12.0. The van der Waals surface area contributed by atoms with Crippen molar-refractivity contribution in [2.75, 3.05) is 0 Å². The largest absolute Gasteiger partial charge is 0.295 e. The first-order valence-electron chi connectivity index (χ1n) is 12.8. The highest BCUT2D eigenvalue weighted by atomic mass is 16.1. The van der Waals surface area contributed by atoms with Gasteiger partial charge in [-0.2, -0.15) is 0 Å². The second kappa shape index (κ2) is 8.10. The van der Waals surface area contributed by atoms with Gasteiger partial charge < -0.3 is 0 Å². The van der Waals surface area contributed by atoms with Crippen molar-refractivity contribution in [2.24, 2.45) is 40.4 Å². The Balaban J connectivity index is 1.57. The van der Waals surface area contributed by atoms with Crippen LogP contribution in [-0.2, 0) is 4.79 Å². The molecule has 0 N–H and O–H groups in total. The minimum Gasteiger partial charge on any atom is -0.295 e. The van der Waals surface area contributed by atoms with Crippen molar-refractivity contribution in [3.63, 3.8) is 0 Å². The van der Waals surface area contributed by atoms with Gasteiger partial charge >= 0.3 is 0 Å². The van der Waals surface area contributed by atoms with Gasteiger partial charge in [0.05, 0.1) is 0 Å². The van der Waals surface area contributed by atoms with Crippen LogP contribution in [0.3, 0.4) is 0 Å². The molecule has 4 rings (SSSR count). The van der Waals surface area contributed by atoms with E-state index in [4.69, 9.17) is 0 Å². The van der Waals surface area contributed by atoms with Crippen LogP contribution in [0.15, 0.2) is 34.9 Å². The number of allylic oxidation sites excluding steroid dienone is 6. The van der Waals surface area contributed by atoms with Gasteiger partial charge in [0.25, 0.3) is 0 Å². The summed E-state index contributed by atoms with van der Waals surface area (Å²) in [5.74, 6) is 4.19. The molecule has 0 aromatic heterocycles. The average molecular weight is 409 g/mol. The summed E-state index contributed by atoms with van der Waals surface area (Å²) < 4.78 is 0. The fraction of sp³-hybridized carbons (Fsp3) is 0.759. The summed E-state index contributed by atoms with van der Waals surface area (Å²) in [4.78, 5) is 12.0. The van der Waals surface area contributed by atoms with E-state index in [1.165, 1.54) is 63.4 Å². The Bertz CT molecular complexity index is 780. The van der Waals surface area contributed by atoms with E-state index in [2.05, 4.69) is 52.8 Å². The lowest BCUT2D eigenvalue weighted by Crippen LogP contribution is -2.52. The molecule has 6 atom stereocenters. The molecule has 3 fully saturated rings. The van der Waals surface area contributed by atoms with Crippen LogP contribution in [-0.4, -0.2) is 5.78 Å². The highest BCUT2D eigenvalue weighted by molar-refractivity contribution is 5.93. The van der Waals surface area contributed by atoms with Crippen molar-refractivity contribution in [2.45, 2.75) is 99.3 Å². The van der Waals surface area contributed by atoms with Crippen LogP contribution in [0.2, 0.25) is 0 Å². The van der Waals surface area contributed by atoms with Gasteiger partial charge in [-0.25, -0.2) is 0 Å². The molecule has 0 aromatic rings. The van der Waals surface area contributed by atoms with Crippen LogP contribution in [0, 0.1) is 40.4 Å². The summed E-state index contributed by atoms with van der Waals surface area (Å²) in [5.41, 5.74) is 4.87. The van der Waals surface area contributed by atoms with E-state index in [-0.39, 0.29) is 11.7 Å². The fourth-order valence-corrected chi connectivity index (χ4v) is 8.49. The summed E-state index contributed by atoms with van der Waals surface area (Å²) >= 11 is 0. The summed E-state index contributed by atoms with van der Waals surface area (Å²) in [6, 6.07) is 0. The third kappa shape index (κ3) is 3.49. The minimum atomic E-state index is 0.205. The number of hydrogen-bond donors (Lipinski definition) is 0. The third-order valence-electron chi connectivity index (χ3n) is 10.1. The van der Waals surface area contributed by atoms with E-state index in [1.54, 1.807) is 12.5 Å². The molecule has 0 amide bonds. The molecule has 0 bridgehead atoms. The quantitative estimate of drug-likeness (QED) is 0.339. The molecule has 166 valence electrons. The number of hydrogen-bond acceptors (Lipinski definition) is 1. The second-order valence-electron chi connectivity index (χ2n) is 11.9. The molecule has 1 heteroatoms. The summed E-state index contributed by atoms with van der Waals surface area (Å²) in [5, 5.41) is 0. The number of rotatable bonds is 4. The van der Waals surface area contributed by atoms with Gasteiger partial charge in [0.15, 0.2) is 5.78 Å². The van der Waals surface area contributed by atoms with Gasteiger partial charge in [-0.3, -0.25) is 4.79 Å². The SMILES string of the molecule is CC(=O)C(=CC=C(C)C1=CC[C@H]2[C@@H]3CCC4CCCC[C@]4(C)[C@H]3CC[C@]12C)C(C)C. The van der Waals surface area contributed by atoms with Crippen LogP contribution >= 0.6 is 0 Å². The maximum absolute atomic E-state index is 12.0. The number of carbonyl (C=O) groups excluding carboxylic acids is 1. The zero-order valence-electron chi connectivity index (χ0n) is 20.4. The smallest absolute Gasteiger partial charge is 0.156 e. The average Bonchev–Trinajstić information content (AvgIpc) is 3.04. The van der Waals surface area contributed by atoms with E-state index in [9.17, 15) is 4.79 Å².